The van der Waals surface area contributed by atoms with Crippen LogP contribution < -0.4 is 14.9 Å². The molecule has 5 heteroatoms. The van der Waals surface area contributed by atoms with Gasteiger partial charge in [-0.1, -0.05) is 29.8 Å². The van der Waals surface area contributed by atoms with Gasteiger partial charge in [0.05, 0.1) is 11.8 Å². The van der Waals surface area contributed by atoms with Gasteiger partial charge in [-0.3, -0.25) is 0 Å². The fraction of sp³-hybridized carbons (Fsp3) is 0.188. The first kappa shape index (κ1) is 12.5. The third kappa shape index (κ3) is 2.32. The highest BCUT2D eigenvalue weighted by atomic mass is 35.5. The van der Waals surface area contributed by atoms with E-state index in [9.17, 15) is 0 Å². The Hall–Kier alpha value is -2.20. The Morgan fingerprint density at radius 2 is 1.86 bits per heavy atom. The van der Waals surface area contributed by atoms with Crippen LogP contribution in [-0.4, -0.2) is 12.5 Å². The van der Waals surface area contributed by atoms with Gasteiger partial charge in [0.15, 0.2) is 11.5 Å². The topological polar surface area (TPSA) is 42.9 Å². The van der Waals surface area contributed by atoms with Crippen LogP contribution in [0.1, 0.15) is 23.6 Å². The van der Waals surface area contributed by atoms with Crippen molar-refractivity contribution in [1.82, 2.24) is 5.43 Å². The third-order valence-electron chi connectivity index (χ3n) is 3.73. The summed E-state index contributed by atoms with van der Waals surface area (Å²) >= 11 is 5.92. The molecule has 0 saturated heterocycles. The third-order valence-corrected chi connectivity index (χ3v) is 3.98. The molecule has 4 nitrogen and oxygen atoms in total. The number of hydrazone groups is 1. The van der Waals surface area contributed by atoms with E-state index >= 15 is 0 Å². The lowest BCUT2D eigenvalue weighted by Crippen LogP contribution is -2.09. The second-order valence-electron chi connectivity index (χ2n) is 5.06. The zero-order chi connectivity index (χ0) is 14.2. The lowest BCUT2D eigenvalue weighted by atomic mass is 9.99. The first-order valence-electron chi connectivity index (χ1n) is 6.77. The number of halogens is 1. The standard InChI is InChI=1S/C16H13ClN2O2/c17-12-4-1-10(2-5-12)13-8-14(19-18-13)11-3-6-15-16(7-11)21-9-20-15/h1-7,14,19H,8-9H2/t14-/m1/s1. The summed E-state index contributed by atoms with van der Waals surface area (Å²) in [6.07, 6.45) is 0.835. The second kappa shape index (κ2) is 4.97. The first-order chi connectivity index (χ1) is 10.3. The molecule has 106 valence electrons. The van der Waals surface area contributed by atoms with Crippen LogP contribution in [-0.2, 0) is 0 Å². The lowest BCUT2D eigenvalue weighted by Gasteiger charge is -2.10. The molecule has 1 N–H and O–H groups in total. The van der Waals surface area contributed by atoms with E-state index in [1.807, 2.05) is 42.5 Å². The summed E-state index contributed by atoms with van der Waals surface area (Å²) in [7, 11) is 0. The maximum atomic E-state index is 5.92. The SMILES string of the molecule is Clc1ccc(C2=NN[C@@H](c3ccc4c(c3)OCO4)C2)cc1. The minimum atomic E-state index is 0.158. The highest BCUT2D eigenvalue weighted by molar-refractivity contribution is 6.30. The van der Waals surface area contributed by atoms with E-state index in [1.165, 1.54) is 0 Å². The maximum absolute atomic E-state index is 5.92. The van der Waals surface area contributed by atoms with E-state index in [4.69, 9.17) is 21.1 Å². The fourth-order valence-corrected chi connectivity index (χ4v) is 2.71. The van der Waals surface area contributed by atoms with Crippen LogP contribution in [0.2, 0.25) is 5.02 Å². The molecule has 2 aromatic carbocycles. The van der Waals surface area contributed by atoms with Crippen molar-refractivity contribution in [3.8, 4) is 11.5 Å². The molecule has 0 radical (unpaired) electrons. The molecule has 2 aliphatic heterocycles. The van der Waals surface area contributed by atoms with Gasteiger partial charge >= 0.3 is 0 Å². The molecule has 0 fully saturated rings. The Balaban J connectivity index is 1.54. The molecule has 0 amide bonds. The smallest absolute Gasteiger partial charge is 0.231 e. The molecular formula is C16H13ClN2O2. The van der Waals surface area contributed by atoms with Crippen LogP contribution in [0.25, 0.3) is 0 Å². The Bertz CT molecular complexity index is 713. The van der Waals surface area contributed by atoms with E-state index < -0.39 is 0 Å². The summed E-state index contributed by atoms with van der Waals surface area (Å²) in [6.45, 7) is 0.295. The fourth-order valence-electron chi connectivity index (χ4n) is 2.59. The number of hydrogen-bond donors (Lipinski definition) is 1. The van der Waals surface area contributed by atoms with E-state index in [0.717, 1.165) is 39.8 Å². The average Bonchev–Trinajstić information content (AvgIpc) is 3.16. The largest absolute Gasteiger partial charge is 0.454 e. The lowest BCUT2D eigenvalue weighted by molar-refractivity contribution is 0.174. The van der Waals surface area contributed by atoms with Crippen molar-refractivity contribution in [2.24, 2.45) is 5.10 Å². The molecule has 0 saturated carbocycles. The van der Waals surface area contributed by atoms with Crippen molar-refractivity contribution < 1.29 is 9.47 Å². The number of rotatable bonds is 2. The molecule has 0 aliphatic carbocycles. The molecule has 0 aromatic heterocycles. The van der Waals surface area contributed by atoms with Gasteiger partial charge in [-0.05, 0) is 35.4 Å². The molecule has 2 aliphatic rings. The van der Waals surface area contributed by atoms with Gasteiger partial charge in [0.2, 0.25) is 6.79 Å². The zero-order valence-corrected chi connectivity index (χ0v) is 11.9. The van der Waals surface area contributed by atoms with Crippen LogP contribution in [0.4, 0.5) is 0 Å². The Labute approximate surface area is 127 Å². The molecule has 1 atom stereocenters. The number of nitrogens with one attached hydrogen (secondary N) is 1. The normalized spacial score (nSPS) is 19.3. The number of fused-ring (bicyclic) bond motifs is 1. The summed E-state index contributed by atoms with van der Waals surface area (Å²) in [4.78, 5) is 0. The van der Waals surface area contributed by atoms with Gasteiger partial charge in [0, 0.05) is 11.4 Å². The van der Waals surface area contributed by atoms with E-state index in [-0.39, 0.29) is 6.04 Å². The molecular weight excluding hydrogens is 288 g/mol. The molecule has 4 rings (SSSR count). The van der Waals surface area contributed by atoms with Crippen molar-refractivity contribution in [2.75, 3.05) is 6.79 Å². The quantitative estimate of drug-likeness (QED) is 0.923. The molecule has 21 heavy (non-hydrogen) atoms. The number of nitrogens with zero attached hydrogens (tertiary/aromatic N) is 1. The van der Waals surface area contributed by atoms with Gasteiger partial charge in [-0.15, -0.1) is 0 Å². The Kier molecular flexibility index (Phi) is 2.97. The van der Waals surface area contributed by atoms with Gasteiger partial charge in [0.25, 0.3) is 0 Å². The van der Waals surface area contributed by atoms with Crippen LogP contribution in [0.3, 0.4) is 0 Å². The predicted octanol–water partition coefficient (Wildman–Crippen LogP) is 3.51. The Morgan fingerprint density at radius 1 is 1.05 bits per heavy atom. The Morgan fingerprint density at radius 3 is 2.71 bits per heavy atom. The highest BCUT2D eigenvalue weighted by Crippen LogP contribution is 2.36. The summed E-state index contributed by atoms with van der Waals surface area (Å²) in [5.74, 6) is 1.60. The number of hydrogen-bond acceptors (Lipinski definition) is 4. The molecule has 0 unspecified atom stereocenters. The van der Waals surface area contributed by atoms with Crippen LogP contribution >= 0.6 is 11.6 Å². The van der Waals surface area contributed by atoms with Crippen LogP contribution in [0, 0.1) is 0 Å². The monoisotopic (exact) mass is 300 g/mol. The van der Waals surface area contributed by atoms with Crippen molar-refractivity contribution in [2.45, 2.75) is 12.5 Å². The number of benzene rings is 2. The van der Waals surface area contributed by atoms with Gasteiger partial charge in [-0.25, -0.2) is 0 Å². The van der Waals surface area contributed by atoms with Crippen LogP contribution in [0.5, 0.6) is 11.5 Å². The van der Waals surface area contributed by atoms with Gasteiger partial charge in [0.1, 0.15) is 0 Å². The van der Waals surface area contributed by atoms with Crippen molar-refractivity contribution in [1.29, 1.82) is 0 Å². The first-order valence-corrected chi connectivity index (χ1v) is 7.15. The predicted molar refractivity (Wildman–Crippen MR) is 81.0 cm³/mol. The van der Waals surface area contributed by atoms with Crippen molar-refractivity contribution in [3.05, 3.63) is 58.6 Å². The maximum Gasteiger partial charge on any atom is 0.231 e. The molecule has 0 spiro atoms. The highest BCUT2D eigenvalue weighted by Gasteiger charge is 2.23. The summed E-state index contributed by atoms with van der Waals surface area (Å²) < 4.78 is 10.8. The number of ether oxygens (including phenoxy) is 2. The van der Waals surface area contributed by atoms with Crippen LogP contribution in [0.15, 0.2) is 47.6 Å². The second-order valence-corrected chi connectivity index (χ2v) is 5.50. The molecule has 0 bridgehead atoms. The van der Waals surface area contributed by atoms with Crippen molar-refractivity contribution in [3.63, 3.8) is 0 Å². The molecule has 2 aromatic rings. The average molecular weight is 301 g/mol. The summed E-state index contributed by atoms with van der Waals surface area (Å²) in [5.41, 5.74) is 6.46. The zero-order valence-electron chi connectivity index (χ0n) is 11.2. The van der Waals surface area contributed by atoms with Gasteiger partial charge in [-0.2, -0.15) is 5.10 Å². The van der Waals surface area contributed by atoms with E-state index in [2.05, 4.69) is 10.5 Å². The van der Waals surface area contributed by atoms with E-state index in [1.54, 1.807) is 0 Å². The minimum absolute atomic E-state index is 0.158. The summed E-state index contributed by atoms with van der Waals surface area (Å²) in [5, 5.41) is 5.17. The summed E-state index contributed by atoms with van der Waals surface area (Å²) in [6, 6.07) is 13.9. The van der Waals surface area contributed by atoms with Crippen molar-refractivity contribution >= 4 is 17.3 Å². The van der Waals surface area contributed by atoms with E-state index in [0.29, 0.717) is 6.79 Å². The molecule has 2 heterocycles. The van der Waals surface area contributed by atoms with Gasteiger partial charge < -0.3 is 14.9 Å². The minimum Gasteiger partial charge on any atom is -0.454 e.